The number of allylic oxidation sites excluding steroid dienone is 1. The van der Waals surface area contributed by atoms with Gasteiger partial charge in [-0.25, -0.2) is 4.79 Å². The Balaban J connectivity index is 3.59. The van der Waals surface area contributed by atoms with Gasteiger partial charge >= 0.3 is 24.0 Å². The molecule has 0 unspecified atom stereocenters. The summed E-state index contributed by atoms with van der Waals surface area (Å²) in [4.78, 5) is 11.2. The fourth-order valence-corrected chi connectivity index (χ4v) is 1.56. The average molecular weight is 386 g/mol. The zero-order valence-electron chi connectivity index (χ0n) is 12.9. The Morgan fingerprint density at radius 3 is 2.04 bits per heavy atom. The Kier molecular flexibility index (Phi) is 6.41. The van der Waals surface area contributed by atoms with Crippen molar-refractivity contribution in [1.29, 1.82) is 0 Å². The quantitative estimate of drug-likeness (QED) is 0.326. The molecule has 0 aliphatic heterocycles. The van der Waals surface area contributed by atoms with Crippen LogP contribution in [0.5, 0.6) is 0 Å². The first-order valence-corrected chi connectivity index (χ1v) is 6.83. The summed E-state index contributed by atoms with van der Waals surface area (Å²) in [6.07, 6.45) is -6.72. The number of benzene rings is 1. The van der Waals surface area contributed by atoms with Gasteiger partial charge in [0.1, 0.15) is 5.57 Å². The smallest absolute Gasteiger partial charge is 0.460 e. The van der Waals surface area contributed by atoms with Gasteiger partial charge < -0.3 is 4.74 Å². The van der Waals surface area contributed by atoms with Crippen molar-refractivity contribution in [3.63, 3.8) is 0 Å². The van der Waals surface area contributed by atoms with Crippen LogP contribution in [0.25, 0.3) is 0 Å². The van der Waals surface area contributed by atoms with Crippen LogP contribution >= 0.6 is 0 Å². The van der Waals surface area contributed by atoms with Gasteiger partial charge in [0.15, 0.2) is 0 Å². The lowest BCUT2D eigenvalue weighted by atomic mass is 10.0. The predicted octanol–water partition coefficient (Wildman–Crippen LogP) is 4.66. The lowest BCUT2D eigenvalue weighted by Gasteiger charge is -2.28. The van der Waals surface area contributed by atoms with Crippen LogP contribution in [0, 0.1) is 11.8 Å². The molecule has 0 saturated heterocycles. The van der Waals surface area contributed by atoms with E-state index in [1.165, 1.54) is 36.3 Å². The standard InChI is InChI=1S/C16H10F8O2/c1-2-26-13(25)12(17)11(9-8-10-6-4-3-5-7-10)14(18,19)15(20,21)16(22,23)24/h3-7H,2H2,1H3/b12-11+. The SMILES string of the molecule is CCOC(=O)/C(F)=C(/C#Cc1ccccc1)C(F)(F)C(F)(F)C(F)(F)F. The number of esters is 1. The Morgan fingerprint density at radius 2 is 1.58 bits per heavy atom. The second kappa shape index (κ2) is 7.76. The zero-order chi connectivity index (χ0) is 20.2. The first-order valence-electron chi connectivity index (χ1n) is 6.83. The summed E-state index contributed by atoms with van der Waals surface area (Å²) in [6, 6.07) is 6.60. The molecule has 2 nitrogen and oxygen atoms in total. The van der Waals surface area contributed by atoms with E-state index in [0.29, 0.717) is 0 Å². The summed E-state index contributed by atoms with van der Waals surface area (Å²) in [6.45, 7) is 0.607. The molecule has 0 aliphatic rings. The number of hydrogen-bond donors (Lipinski definition) is 0. The molecule has 0 saturated carbocycles. The van der Waals surface area contributed by atoms with E-state index >= 15 is 0 Å². The number of halogens is 8. The minimum absolute atomic E-state index is 0.0900. The van der Waals surface area contributed by atoms with E-state index in [-0.39, 0.29) is 5.56 Å². The molecule has 142 valence electrons. The van der Waals surface area contributed by atoms with Crippen molar-refractivity contribution in [2.45, 2.75) is 24.9 Å². The molecular formula is C16H10F8O2. The molecule has 10 heteroatoms. The van der Waals surface area contributed by atoms with Gasteiger partial charge in [-0.15, -0.1) is 0 Å². The number of carbonyl (C=O) groups excluding carboxylic acids is 1. The normalized spacial score (nSPS) is 13.4. The van der Waals surface area contributed by atoms with Gasteiger partial charge in [0.05, 0.1) is 6.61 Å². The van der Waals surface area contributed by atoms with Gasteiger partial charge in [-0.05, 0) is 19.1 Å². The van der Waals surface area contributed by atoms with Crippen LogP contribution in [0.15, 0.2) is 41.7 Å². The van der Waals surface area contributed by atoms with E-state index in [2.05, 4.69) is 4.74 Å². The summed E-state index contributed by atoms with van der Waals surface area (Å²) in [5, 5.41) is 0. The van der Waals surface area contributed by atoms with Crippen molar-refractivity contribution in [2.24, 2.45) is 0 Å². The number of ether oxygens (including phenoxy) is 1. The fraction of sp³-hybridized carbons (Fsp3) is 0.312. The summed E-state index contributed by atoms with van der Waals surface area (Å²) >= 11 is 0. The summed E-state index contributed by atoms with van der Waals surface area (Å²) in [5.41, 5.74) is -2.71. The number of carbonyl (C=O) groups is 1. The highest BCUT2D eigenvalue weighted by Crippen LogP contribution is 2.50. The minimum atomic E-state index is -6.72. The van der Waals surface area contributed by atoms with E-state index in [1.807, 2.05) is 5.92 Å². The Bertz CT molecular complexity index is 739. The number of hydrogen-bond acceptors (Lipinski definition) is 2. The monoisotopic (exact) mass is 386 g/mol. The fourth-order valence-electron chi connectivity index (χ4n) is 1.56. The highest BCUT2D eigenvalue weighted by Gasteiger charge is 2.75. The van der Waals surface area contributed by atoms with Crippen LogP contribution < -0.4 is 0 Å². The number of alkyl halides is 7. The summed E-state index contributed by atoms with van der Waals surface area (Å²) in [7, 11) is 0. The van der Waals surface area contributed by atoms with Gasteiger partial charge in [-0.3, -0.25) is 0 Å². The first kappa shape index (κ1) is 21.5. The van der Waals surface area contributed by atoms with Crippen molar-refractivity contribution in [2.75, 3.05) is 6.61 Å². The third kappa shape index (κ3) is 4.33. The summed E-state index contributed by atoms with van der Waals surface area (Å²) < 4.78 is 109. The van der Waals surface area contributed by atoms with E-state index < -0.39 is 42.0 Å². The molecule has 0 aromatic heterocycles. The lowest BCUT2D eigenvalue weighted by Crippen LogP contribution is -2.53. The highest BCUT2D eigenvalue weighted by atomic mass is 19.4. The molecule has 0 spiro atoms. The van der Waals surface area contributed by atoms with E-state index in [0.717, 1.165) is 6.92 Å². The third-order valence-corrected chi connectivity index (χ3v) is 2.84. The van der Waals surface area contributed by atoms with Gasteiger partial charge in [0.25, 0.3) is 0 Å². The molecule has 0 fully saturated rings. The number of rotatable bonds is 4. The zero-order valence-corrected chi connectivity index (χ0v) is 12.9. The van der Waals surface area contributed by atoms with Crippen molar-refractivity contribution in [3.8, 4) is 11.8 Å². The molecule has 1 aromatic rings. The van der Waals surface area contributed by atoms with E-state index in [1.54, 1.807) is 0 Å². The van der Waals surface area contributed by atoms with Crippen molar-refractivity contribution < 1.29 is 44.7 Å². The molecular weight excluding hydrogens is 376 g/mol. The third-order valence-electron chi connectivity index (χ3n) is 2.84. The Hall–Kier alpha value is -2.57. The Labute approximate surface area is 142 Å². The average Bonchev–Trinajstić information content (AvgIpc) is 2.54. The van der Waals surface area contributed by atoms with Gasteiger partial charge in [0, 0.05) is 5.56 Å². The molecule has 1 rings (SSSR count). The molecule has 0 N–H and O–H groups in total. The second-order valence-electron chi connectivity index (χ2n) is 4.67. The molecule has 0 amide bonds. The topological polar surface area (TPSA) is 26.3 Å². The Morgan fingerprint density at radius 1 is 1.04 bits per heavy atom. The van der Waals surface area contributed by atoms with Crippen LogP contribution in [0.3, 0.4) is 0 Å². The molecule has 0 radical (unpaired) electrons. The largest absolute Gasteiger partial charge is 0.461 e. The highest BCUT2D eigenvalue weighted by molar-refractivity contribution is 5.88. The predicted molar refractivity (Wildman–Crippen MR) is 74.0 cm³/mol. The van der Waals surface area contributed by atoms with Gasteiger partial charge in [-0.1, -0.05) is 30.0 Å². The van der Waals surface area contributed by atoms with Gasteiger partial charge in [0.2, 0.25) is 5.83 Å². The van der Waals surface area contributed by atoms with Crippen molar-refractivity contribution in [1.82, 2.24) is 0 Å². The maximum absolute atomic E-state index is 13.9. The van der Waals surface area contributed by atoms with Crippen LogP contribution in [0.2, 0.25) is 0 Å². The molecule has 0 aliphatic carbocycles. The second-order valence-corrected chi connectivity index (χ2v) is 4.67. The van der Waals surface area contributed by atoms with E-state index in [4.69, 9.17) is 0 Å². The van der Waals surface area contributed by atoms with Crippen LogP contribution in [-0.2, 0) is 9.53 Å². The van der Waals surface area contributed by atoms with Crippen LogP contribution in [0.4, 0.5) is 35.1 Å². The molecule has 26 heavy (non-hydrogen) atoms. The van der Waals surface area contributed by atoms with Crippen molar-refractivity contribution in [3.05, 3.63) is 47.3 Å². The molecule has 0 heterocycles. The molecule has 0 atom stereocenters. The van der Waals surface area contributed by atoms with E-state index in [9.17, 15) is 39.9 Å². The maximum Gasteiger partial charge on any atom is 0.460 e. The minimum Gasteiger partial charge on any atom is -0.461 e. The van der Waals surface area contributed by atoms with Crippen LogP contribution in [0.1, 0.15) is 12.5 Å². The van der Waals surface area contributed by atoms with Gasteiger partial charge in [-0.2, -0.15) is 35.1 Å². The molecule has 0 bridgehead atoms. The lowest BCUT2D eigenvalue weighted by molar-refractivity contribution is -0.343. The molecule has 1 aromatic carbocycles. The van der Waals surface area contributed by atoms with Crippen molar-refractivity contribution >= 4 is 5.97 Å². The maximum atomic E-state index is 13.9. The van der Waals surface area contributed by atoms with Crippen LogP contribution in [-0.4, -0.2) is 30.6 Å². The first-order chi connectivity index (χ1) is 11.9. The summed E-state index contributed by atoms with van der Waals surface area (Å²) in [5.74, 6) is -14.6.